The maximum Gasteiger partial charge on any atom is 0.160 e. The van der Waals surface area contributed by atoms with Crippen LogP contribution in [0.2, 0.25) is 0 Å². The van der Waals surface area contributed by atoms with Gasteiger partial charge in [0, 0.05) is 30.4 Å². The monoisotopic (exact) mass is 359 g/mol. The molecule has 4 heteroatoms. The van der Waals surface area contributed by atoms with Crippen LogP contribution in [0.25, 0.3) is 6.08 Å². The van der Waals surface area contributed by atoms with E-state index in [0.29, 0.717) is 12.1 Å². The Morgan fingerprint density at radius 2 is 1.81 bits per heavy atom. The molecule has 2 aromatic carbocycles. The fourth-order valence-electron chi connectivity index (χ4n) is 2.97. The van der Waals surface area contributed by atoms with E-state index in [-0.39, 0.29) is 5.78 Å². The molecule has 0 saturated carbocycles. The molecule has 138 valence electrons. The van der Waals surface area contributed by atoms with Crippen LogP contribution in [0.1, 0.15) is 29.5 Å². The third-order valence-electron chi connectivity index (χ3n) is 4.48. The van der Waals surface area contributed by atoms with Crippen molar-refractivity contribution in [2.24, 2.45) is 0 Å². The molecular weight excluding hydrogens is 334 g/mol. The minimum Gasteiger partial charge on any atom is -0.398 e. The molecule has 3 rings (SSSR count). The number of carbonyl (C=O) groups excluding carboxylic acids is 1. The van der Waals surface area contributed by atoms with Crippen LogP contribution in [0.3, 0.4) is 0 Å². The molecule has 2 N–H and O–H groups in total. The zero-order valence-corrected chi connectivity index (χ0v) is 15.4. The van der Waals surface area contributed by atoms with Gasteiger partial charge in [-0.05, 0) is 48.6 Å². The van der Waals surface area contributed by atoms with Gasteiger partial charge in [-0.3, -0.25) is 9.48 Å². The van der Waals surface area contributed by atoms with Gasteiger partial charge in [0.05, 0.1) is 6.20 Å². The van der Waals surface area contributed by atoms with E-state index in [4.69, 9.17) is 5.73 Å². The van der Waals surface area contributed by atoms with Gasteiger partial charge in [0.2, 0.25) is 0 Å². The zero-order valence-electron chi connectivity index (χ0n) is 15.4. The van der Waals surface area contributed by atoms with E-state index >= 15 is 0 Å². The van der Waals surface area contributed by atoms with Crippen LogP contribution in [0.5, 0.6) is 0 Å². The Balaban J connectivity index is 1.44. The van der Waals surface area contributed by atoms with Crippen molar-refractivity contribution in [2.45, 2.75) is 32.2 Å². The maximum absolute atomic E-state index is 12.1. The molecule has 0 unspecified atom stereocenters. The molecular formula is C23H25N3O. The Hall–Kier alpha value is -3.14. The number of hydrogen-bond donors (Lipinski definition) is 1. The number of anilines is 1. The molecule has 0 fully saturated rings. The lowest BCUT2D eigenvalue weighted by atomic mass is 10.1. The Bertz CT molecular complexity index is 897. The molecule has 0 amide bonds. The number of ketones is 1. The second-order valence-electron chi connectivity index (χ2n) is 6.65. The summed E-state index contributed by atoms with van der Waals surface area (Å²) in [6.07, 6.45) is 10.8. The predicted molar refractivity (Wildman–Crippen MR) is 110 cm³/mol. The summed E-state index contributed by atoms with van der Waals surface area (Å²) < 4.78 is 1.93. The summed E-state index contributed by atoms with van der Waals surface area (Å²) in [5.74, 6) is 0.0310. The standard InChI is InChI=1S/C23H25N3O/c24-23-12-5-4-11-21(23)16-22(27)14-13-20-17-25-26(18-20)15-7-6-10-19-8-2-1-3-9-19/h1-5,8-9,11-14,17-18H,6-7,10,15-16,24H2/b14-13+. The van der Waals surface area contributed by atoms with E-state index in [0.717, 1.165) is 36.9 Å². The quantitative estimate of drug-likeness (QED) is 0.352. The second kappa shape index (κ2) is 9.53. The van der Waals surface area contributed by atoms with Crippen molar-refractivity contribution < 1.29 is 4.79 Å². The van der Waals surface area contributed by atoms with Gasteiger partial charge in [-0.15, -0.1) is 0 Å². The third-order valence-corrected chi connectivity index (χ3v) is 4.48. The predicted octanol–water partition coefficient (Wildman–Crippen LogP) is 4.31. The van der Waals surface area contributed by atoms with E-state index in [1.165, 1.54) is 5.56 Å². The summed E-state index contributed by atoms with van der Waals surface area (Å²) in [6, 6.07) is 18.0. The van der Waals surface area contributed by atoms with Crippen LogP contribution in [0.15, 0.2) is 73.1 Å². The lowest BCUT2D eigenvalue weighted by Gasteiger charge is -2.02. The molecule has 0 aliphatic rings. The molecule has 0 aliphatic heterocycles. The number of rotatable bonds is 9. The molecule has 1 heterocycles. The molecule has 0 radical (unpaired) electrons. The van der Waals surface area contributed by atoms with Crippen molar-refractivity contribution in [1.29, 1.82) is 0 Å². The highest BCUT2D eigenvalue weighted by Gasteiger charge is 2.03. The van der Waals surface area contributed by atoms with E-state index in [2.05, 4.69) is 29.4 Å². The Morgan fingerprint density at radius 1 is 1.04 bits per heavy atom. The minimum atomic E-state index is 0.0310. The first-order valence-electron chi connectivity index (χ1n) is 9.31. The van der Waals surface area contributed by atoms with Crippen LogP contribution >= 0.6 is 0 Å². The smallest absolute Gasteiger partial charge is 0.160 e. The van der Waals surface area contributed by atoms with Gasteiger partial charge in [-0.25, -0.2) is 0 Å². The molecule has 0 spiro atoms. The zero-order chi connectivity index (χ0) is 18.9. The first-order chi connectivity index (χ1) is 13.2. The molecule has 0 saturated heterocycles. The molecule has 0 atom stereocenters. The highest BCUT2D eigenvalue weighted by molar-refractivity contribution is 5.95. The average Bonchev–Trinajstić information content (AvgIpc) is 3.14. The van der Waals surface area contributed by atoms with Gasteiger partial charge in [0.15, 0.2) is 5.78 Å². The highest BCUT2D eigenvalue weighted by atomic mass is 16.1. The van der Waals surface area contributed by atoms with Crippen LogP contribution in [0.4, 0.5) is 5.69 Å². The van der Waals surface area contributed by atoms with Crippen molar-refractivity contribution in [2.75, 3.05) is 5.73 Å². The Kier molecular flexibility index (Phi) is 6.58. The summed E-state index contributed by atoms with van der Waals surface area (Å²) in [6.45, 7) is 0.884. The highest BCUT2D eigenvalue weighted by Crippen LogP contribution is 2.12. The van der Waals surface area contributed by atoms with Crippen LogP contribution in [0, 0.1) is 0 Å². The molecule has 4 nitrogen and oxygen atoms in total. The van der Waals surface area contributed by atoms with Gasteiger partial charge >= 0.3 is 0 Å². The first kappa shape index (κ1) is 18.6. The fraction of sp³-hybridized carbons (Fsp3) is 0.217. The molecule has 0 bridgehead atoms. The van der Waals surface area contributed by atoms with Crippen molar-refractivity contribution in [3.05, 3.63) is 89.8 Å². The molecule has 0 aliphatic carbocycles. The number of aryl methyl sites for hydroxylation is 2. The van der Waals surface area contributed by atoms with Crippen molar-refractivity contribution in [3.8, 4) is 0 Å². The SMILES string of the molecule is Nc1ccccc1CC(=O)/C=C/c1cnn(CCCCc2ccccc2)c1. The topological polar surface area (TPSA) is 60.9 Å². The van der Waals surface area contributed by atoms with E-state index < -0.39 is 0 Å². The van der Waals surface area contributed by atoms with E-state index in [9.17, 15) is 4.79 Å². The Labute approximate surface area is 160 Å². The Morgan fingerprint density at radius 3 is 2.63 bits per heavy atom. The number of benzene rings is 2. The van der Waals surface area contributed by atoms with Crippen molar-refractivity contribution in [1.82, 2.24) is 9.78 Å². The van der Waals surface area contributed by atoms with E-state index in [1.807, 2.05) is 47.3 Å². The number of aromatic nitrogens is 2. The second-order valence-corrected chi connectivity index (χ2v) is 6.65. The number of allylic oxidation sites excluding steroid dienone is 1. The number of nitrogens with zero attached hydrogens (tertiary/aromatic N) is 2. The summed E-state index contributed by atoms with van der Waals surface area (Å²) >= 11 is 0. The molecule has 27 heavy (non-hydrogen) atoms. The van der Waals surface area contributed by atoms with Gasteiger partial charge in [-0.2, -0.15) is 5.10 Å². The number of unbranched alkanes of at least 4 members (excludes halogenated alkanes) is 1. The lowest BCUT2D eigenvalue weighted by molar-refractivity contribution is -0.113. The number of para-hydroxylation sites is 1. The third kappa shape index (κ3) is 5.96. The molecule has 1 aromatic heterocycles. The van der Waals surface area contributed by atoms with Gasteiger partial charge in [-0.1, -0.05) is 48.5 Å². The number of nitrogen functional groups attached to an aromatic ring is 1. The number of hydrogen-bond acceptors (Lipinski definition) is 3. The van der Waals surface area contributed by atoms with E-state index in [1.54, 1.807) is 12.3 Å². The van der Waals surface area contributed by atoms with Crippen LogP contribution < -0.4 is 5.73 Å². The van der Waals surface area contributed by atoms with Gasteiger partial charge < -0.3 is 5.73 Å². The van der Waals surface area contributed by atoms with Crippen LogP contribution in [-0.2, 0) is 24.2 Å². The largest absolute Gasteiger partial charge is 0.398 e. The summed E-state index contributed by atoms with van der Waals surface area (Å²) in [4.78, 5) is 12.1. The maximum atomic E-state index is 12.1. The number of carbonyl (C=O) groups is 1. The first-order valence-corrected chi connectivity index (χ1v) is 9.31. The summed E-state index contributed by atoms with van der Waals surface area (Å²) in [5.41, 5.74) is 9.71. The summed E-state index contributed by atoms with van der Waals surface area (Å²) in [7, 11) is 0. The van der Waals surface area contributed by atoms with Crippen molar-refractivity contribution in [3.63, 3.8) is 0 Å². The number of nitrogens with two attached hydrogens (primary N) is 1. The van der Waals surface area contributed by atoms with Gasteiger partial charge in [0.25, 0.3) is 0 Å². The van der Waals surface area contributed by atoms with Gasteiger partial charge in [0.1, 0.15) is 0 Å². The lowest BCUT2D eigenvalue weighted by Crippen LogP contribution is -2.01. The van der Waals surface area contributed by atoms with Crippen LogP contribution in [-0.4, -0.2) is 15.6 Å². The molecule has 3 aromatic rings. The average molecular weight is 359 g/mol. The minimum absolute atomic E-state index is 0.0310. The fourth-order valence-corrected chi connectivity index (χ4v) is 2.97. The summed E-state index contributed by atoms with van der Waals surface area (Å²) in [5, 5.41) is 4.37. The normalized spacial score (nSPS) is 11.1. The van der Waals surface area contributed by atoms with Crippen molar-refractivity contribution >= 4 is 17.5 Å².